The second-order valence-electron chi connectivity index (χ2n) is 7.20. The predicted octanol–water partition coefficient (Wildman–Crippen LogP) is 5.59. The first-order valence-electron chi connectivity index (χ1n) is 9.86. The standard InChI is InChI=1S/C21H21ClN6O2/c22-14-9-10-19(28(29)30)18(12-14)25-20-13-17(16-8-4-5-11-23-16)26-21(27-20)24-15-6-2-1-3-7-15/h4-5,8-13,15H,1-3,6-7H2,(H2,24,25,26,27). The fourth-order valence-corrected chi connectivity index (χ4v) is 3.73. The van der Waals surface area contributed by atoms with Crippen molar-refractivity contribution in [2.45, 2.75) is 38.1 Å². The molecule has 0 spiro atoms. The molecule has 1 aliphatic rings. The molecule has 0 radical (unpaired) electrons. The third-order valence-electron chi connectivity index (χ3n) is 5.01. The van der Waals surface area contributed by atoms with Crippen LogP contribution in [0.5, 0.6) is 0 Å². The van der Waals surface area contributed by atoms with E-state index in [2.05, 4.69) is 25.6 Å². The van der Waals surface area contributed by atoms with Crippen LogP contribution in [0.3, 0.4) is 0 Å². The quantitative estimate of drug-likeness (QED) is 0.392. The third-order valence-corrected chi connectivity index (χ3v) is 5.24. The average molecular weight is 425 g/mol. The summed E-state index contributed by atoms with van der Waals surface area (Å²) in [5.74, 6) is 0.895. The van der Waals surface area contributed by atoms with Crippen LogP contribution in [0, 0.1) is 10.1 Å². The number of nitro benzene ring substituents is 1. The number of nitrogens with one attached hydrogen (secondary N) is 2. The van der Waals surface area contributed by atoms with Crippen LogP contribution < -0.4 is 10.6 Å². The van der Waals surface area contributed by atoms with E-state index in [4.69, 9.17) is 11.6 Å². The SMILES string of the molecule is O=[N+]([O-])c1ccc(Cl)cc1Nc1cc(-c2ccccn2)nc(NC2CCCCC2)n1. The number of pyridine rings is 1. The monoisotopic (exact) mass is 424 g/mol. The zero-order valence-electron chi connectivity index (χ0n) is 16.2. The van der Waals surface area contributed by atoms with Gasteiger partial charge in [-0.05, 0) is 37.1 Å². The number of hydrogen-bond donors (Lipinski definition) is 2. The summed E-state index contributed by atoms with van der Waals surface area (Å²) in [7, 11) is 0. The molecule has 9 heteroatoms. The Kier molecular flexibility index (Phi) is 6.04. The van der Waals surface area contributed by atoms with Gasteiger partial charge < -0.3 is 10.6 Å². The van der Waals surface area contributed by atoms with Crippen molar-refractivity contribution in [3.05, 3.63) is 63.8 Å². The van der Waals surface area contributed by atoms with Gasteiger partial charge in [0.1, 0.15) is 11.5 Å². The lowest BCUT2D eigenvalue weighted by atomic mass is 9.96. The smallest absolute Gasteiger partial charge is 0.292 e. The van der Waals surface area contributed by atoms with Crippen LogP contribution in [0.15, 0.2) is 48.7 Å². The summed E-state index contributed by atoms with van der Waals surface area (Å²) < 4.78 is 0. The number of nitrogens with zero attached hydrogens (tertiary/aromatic N) is 4. The van der Waals surface area contributed by atoms with Crippen molar-refractivity contribution in [3.63, 3.8) is 0 Å². The van der Waals surface area contributed by atoms with Crippen molar-refractivity contribution in [1.29, 1.82) is 0 Å². The van der Waals surface area contributed by atoms with Crippen molar-refractivity contribution < 1.29 is 4.92 Å². The molecule has 0 atom stereocenters. The highest BCUT2D eigenvalue weighted by atomic mass is 35.5. The van der Waals surface area contributed by atoms with Crippen LogP contribution in [0.2, 0.25) is 5.02 Å². The summed E-state index contributed by atoms with van der Waals surface area (Å²) in [6.07, 6.45) is 7.44. The minimum Gasteiger partial charge on any atom is -0.351 e. The molecule has 30 heavy (non-hydrogen) atoms. The van der Waals surface area contributed by atoms with Gasteiger partial charge in [0.2, 0.25) is 5.95 Å². The minimum atomic E-state index is -0.458. The van der Waals surface area contributed by atoms with Gasteiger partial charge >= 0.3 is 0 Å². The van der Waals surface area contributed by atoms with Crippen LogP contribution in [-0.2, 0) is 0 Å². The van der Waals surface area contributed by atoms with E-state index in [0.717, 1.165) is 12.8 Å². The summed E-state index contributed by atoms with van der Waals surface area (Å²) in [5.41, 5.74) is 1.49. The predicted molar refractivity (Wildman–Crippen MR) is 117 cm³/mol. The van der Waals surface area contributed by atoms with E-state index in [1.54, 1.807) is 12.3 Å². The molecule has 3 aromatic rings. The minimum absolute atomic E-state index is 0.0841. The van der Waals surface area contributed by atoms with E-state index in [1.165, 1.54) is 37.5 Å². The van der Waals surface area contributed by atoms with Gasteiger partial charge in [-0.15, -0.1) is 0 Å². The molecular weight excluding hydrogens is 404 g/mol. The molecule has 2 aromatic heterocycles. The zero-order chi connectivity index (χ0) is 20.9. The van der Waals surface area contributed by atoms with Gasteiger partial charge in [-0.25, -0.2) is 4.98 Å². The molecule has 8 nitrogen and oxygen atoms in total. The number of hydrogen-bond acceptors (Lipinski definition) is 7. The Morgan fingerprint density at radius 1 is 1.03 bits per heavy atom. The lowest BCUT2D eigenvalue weighted by Gasteiger charge is -2.23. The van der Waals surface area contributed by atoms with E-state index >= 15 is 0 Å². The van der Waals surface area contributed by atoms with E-state index in [1.807, 2.05) is 18.2 Å². The van der Waals surface area contributed by atoms with Gasteiger partial charge in [0.05, 0.1) is 16.3 Å². The maximum Gasteiger partial charge on any atom is 0.292 e. The van der Waals surface area contributed by atoms with Crippen LogP contribution in [0.25, 0.3) is 11.4 Å². The Morgan fingerprint density at radius 2 is 1.87 bits per heavy atom. The zero-order valence-corrected chi connectivity index (χ0v) is 17.0. The fourth-order valence-electron chi connectivity index (χ4n) is 3.56. The lowest BCUT2D eigenvalue weighted by molar-refractivity contribution is -0.383. The number of aromatic nitrogens is 3. The lowest BCUT2D eigenvalue weighted by Crippen LogP contribution is -2.23. The Morgan fingerprint density at radius 3 is 2.60 bits per heavy atom. The number of anilines is 3. The highest BCUT2D eigenvalue weighted by molar-refractivity contribution is 6.31. The summed E-state index contributed by atoms with van der Waals surface area (Å²) in [6, 6.07) is 12.0. The topological polar surface area (TPSA) is 106 Å². The molecule has 0 saturated heterocycles. The Labute approximate surface area is 178 Å². The number of rotatable bonds is 6. The van der Waals surface area contributed by atoms with Crippen molar-refractivity contribution in [1.82, 2.24) is 15.0 Å². The Balaban J connectivity index is 1.70. The molecule has 154 valence electrons. The average Bonchev–Trinajstić information content (AvgIpc) is 2.75. The first-order chi connectivity index (χ1) is 14.6. The molecule has 0 unspecified atom stereocenters. The molecule has 2 heterocycles. The van der Waals surface area contributed by atoms with Gasteiger partial charge in [0, 0.05) is 29.4 Å². The van der Waals surface area contributed by atoms with Crippen molar-refractivity contribution >= 4 is 34.7 Å². The van der Waals surface area contributed by atoms with Crippen LogP contribution >= 0.6 is 11.6 Å². The molecule has 1 saturated carbocycles. The number of benzene rings is 1. The van der Waals surface area contributed by atoms with Crippen molar-refractivity contribution in [2.75, 3.05) is 10.6 Å². The first kappa shape index (κ1) is 20.0. The normalized spacial score (nSPS) is 14.3. The van der Waals surface area contributed by atoms with E-state index in [-0.39, 0.29) is 11.4 Å². The van der Waals surface area contributed by atoms with Crippen molar-refractivity contribution in [3.8, 4) is 11.4 Å². The molecule has 1 aromatic carbocycles. The van der Waals surface area contributed by atoms with Gasteiger partial charge in [-0.2, -0.15) is 4.98 Å². The summed E-state index contributed by atoms with van der Waals surface area (Å²) >= 11 is 6.06. The highest BCUT2D eigenvalue weighted by Gasteiger charge is 2.18. The largest absolute Gasteiger partial charge is 0.351 e. The second-order valence-corrected chi connectivity index (χ2v) is 7.64. The van der Waals surface area contributed by atoms with Gasteiger partial charge in [-0.3, -0.25) is 15.1 Å². The molecule has 0 bridgehead atoms. The second kappa shape index (κ2) is 9.04. The molecule has 0 aliphatic heterocycles. The summed E-state index contributed by atoms with van der Waals surface area (Å²) in [5, 5.41) is 18.3. The Bertz CT molecular complexity index is 1040. The first-order valence-corrected chi connectivity index (χ1v) is 10.2. The van der Waals surface area contributed by atoms with Crippen LogP contribution in [0.4, 0.5) is 23.1 Å². The number of halogens is 1. The van der Waals surface area contributed by atoms with Crippen molar-refractivity contribution in [2.24, 2.45) is 0 Å². The third kappa shape index (κ3) is 4.83. The Hall–Kier alpha value is -3.26. The molecule has 1 aliphatic carbocycles. The van der Waals surface area contributed by atoms with E-state index < -0.39 is 4.92 Å². The molecule has 1 fully saturated rings. The maximum absolute atomic E-state index is 11.4. The number of nitro groups is 1. The van der Waals surface area contributed by atoms with Crippen LogP contribution in [-0.4, -0.2) is 25.9 Å². The fraction of sp³-hybridized carbons (Fsp3) is 0.286. The van der Waals surface area contributed by atoms with E-state index in [0.29, 0.717) is 34.2 Å². The molecule has 2 N–H and O–H groups in total. The maximum atomic E-state index is 11.4. The summed E-state index contributed by atoms with van der Waals surface area (Å²) in [4.78, 5) is 24.5. The van der Waals surface area contributed by atoms with Gasteiger partial charge in [0.15, 0.2) is 0 Å². The molecule has 4 rings (SSSR count). The molecular formula is C21H21ClN6O2. The van der Waals surface area contributed by atoms with Gasteiger partial charge in [0.25, 0.3) is 5.69 Å². The van der Waals surface area contributed by atoms with Gasteiger partial charge in [-0.1, -0.05) is 36.9 Å². The summed E-state index contributed by atoms with van der Waals surface area (Å²) in [6.45, 7) is 0. The highest BCUT2D eigenvalue weighted by Crippen LogP contribution is 2.31. The molecule has 0 amide bonds. The van der Waals surface area contributed by atoms with Crippen LogP contribution in [0.1, 0.15) is 32.1 Å². The van der Waals surface area contributed by atoms with E-state index in [9.17, 15) is 10.1 Å².